The number of furan rings is 1. The Balaban J connectivity index is 0.00000300. The molecule has 154 valence electrons. The van der Waals surface area contributed by atoms with E-state index in [1.807, 2.05) is 43.3 Å². The number of nitrogens with one attached hydrogen (secondary N) is 3. The van der Waals surface area contributed by atoms with E-state index in [-0.39, 0.29) is 29.9 Å². The van der Waals surface area contributed by atoms with E-state index in [1.165, 1.54) is 0 Å². The van der Waals surface area contributed by atoms with Gasteiger partial charge in [-0.15, -0.1) is 24.0 Å². The normalized spacial score (nSPS) is 11.1. The van der Waals surface area contributed by atoms with Gasteiger partial charge in [-0.25, -0.2) is 4.99 Å². The second-order valence-electron chi connectivity index (χ2n) is 6.47. The molecule has 3 rings (SSSR count). The van der Waals surface area contributed by atoms with Gasteiger partial charge in [0.1, 0.15) is 11.3 Å². The number of hydrogen-bond acceptors (Lipinski definition) is 3. The summed E-state index contributed by atoms with van der Waals surface area (Å²) in [7, 11) is 1.63. The summed E-state index contributed by atoms with van der Waals surface area (Å²) in [6.45, 7) is 5.86. The van der Waals surface area contributed by atoms with Crippen LogP contribution in [0.5, 0.6) is 0 Å². The van der Waals surface area contributed by atoms with Crippen LogP contribution in [0.15, 0.2) is 57.9 Å². The number of hydrogen-bond donors (Lipinski definition) is 3. The van der Waals surface area contributed by atoms with Crippen molar-refractivity contribution in [1.82, 2.24) is 16.0 Å². The highest BCUT2D eigenvalue weighted by Crippen LogP contribution is 2.24. The topological polar surface area (TPSA) is 78.7 Å². The number of rotatable bonds is 6. The Morgan fingerprint density at radius 3 is 2.62 bits per heavy atom. The molecule has 0 unspecified atom stereocenters. The van der Waals surface area contributed by atoms with Crippen molar-refractivity contribution >= 4 is 46.8 Å². The van der Waals surface area contributed by atoms with Crippen LogP contribution in [-0.2, 0) is 13.1 Å². The Bertz CT molecular complexity index is 997. The van der Waals surface area contributed by atoms with Crippen LogP contribution in [0.25, 0.3) is 11.0 Å². The molecule has 0 saturated heterocycles. The molecule has 0 radical (unpaired) electrons. The van der Waals surface area contributed by atoms with Crippen molar-refractivity contribution in [3.05, 3.63) is 71.0 Å². The lowest BCUT2D eigenvalue weighted by atomic mass is 10.1. The van der Waals surface area contributed by atoms with Crippen molar-refractivity contribution in [2.45, 2.75) is 26.9 Å². The molecule has 29 heavy (non-hydrogen) atoms. The van der Waals surface area contributed by atoms with Crippen molar-refractivity contribution in [2.24, 2.45) is 4.99 Å². The minimum absolute atomic E-state index is 0. The summed E-state index contributed by atoms with van der Waals surface area (Å²) in [5.41, 5.74) is 3.63. The maximum atomic E-state index is 11.8. The zero-order chi connectivity index (χ0) is 19.9. The zero-order valence-corrected chi connectivity index (χ0v) is 19.2. The van der Waals surface area contributed by atoms with Crippen LogP contribution in [0.3, 0.4) is 0 Å². The molecule has 1 aromatic heterocycles. The number of carbonyl (C=O) groups excluding carboxylic acids is 1. The first-order chi connectivity index (χ1) is 13.6. The lowest BCUT2D eigenvalue weighted by Crippen LogP contribution is -2.36. The van der Waals surface area contributed by atoms with E-state index in [2.05, 4.69) is 33.9 Å². The third-order valence-electron chi connectivity index (χ3n) is 4.54. The van der Waals surface area contributed by atoms with Gasteiger partial charge in [0.05, 0.1) is 13.1 Å². The fraction of sp³-hybridized carbons (Fsp3) is 0.273. The molecule has 1 heterocycles. The Morgan fingerprint density at radius 1 is 1.10 bits per heavy atom. The number of amides is 1. The van der Waals surface area contributed by atoms with Crippen LogP contribution in [0.1, 0.15) is 34.2 Å². The summed E-state index contributed by atoms with van der Waals surface area (Å²) in [5.74, 6) is 1.50. The Hall–Kier alpha value is -2.55. The maximum absolute atomic E-state index is 11.8. The van der Waals surface area contributed by atoms with Gasteiger partial charge in [0, 0.05) is 30.1 Å². The highest BCUT2D eigenvalue weighted by atomic mass is 127. The van der Waals surface area contributed by atoms with Crippen molar-refractivity contribution in [3.8, 4) is 0 Å². The number of nitrogens with zero attached hydrogens (tertiary/aromatic N) is 1. The SMILES string of the molecule is CCNC(=NCc1cccc(C(=O)NC)c1)NCc1oc2ccccc2c1C.I. The van der Waals surface area contributed by atoms with Crippen LogP contribution >= 0.6 is 24.0 Å². The number of guanidine groups is 1. The number of aliphatic imine (C=N–C) groups is 1. The van der Waals surface area contributed by atoms with Crippen molar-refractivity contribution in [3.63, 3.8) is 0 Å². The average molecular weight is 506 g/mol. The Morgan fingerprint density at radius 2 is 1.90 bits per heavy atom. The minimum Gasteiger partial charge on any atom is -0.459 e. The van der Waals surface area contributed by atoms with Crippen LogP contribution in [0.2, 0.25) is 0 Å². The predicted octanol–water partition coefficient (Wildman–Crippen LogP) is 3.97. The highest BCUT2D eigenvalue weighted by molar-refractivity contribution is 14.0. The molecule has 0 atom stereocenters. The van der Waals surface area contributed by atoms with Crippen LogP contribution in [0.4, 0.5) is 0 Å². The second-order valence-corrected chi connectivity index (χ2v) is 6.47. The lowest BCUT2D eigenvalue weighted by molar-refractivity contribution is 0.0963. The van der Waals surface area contributed by atoms with E-state index in [0.717, 1.165) is 34.4 Å². The second kappa shape index (κ2) is 10.8. The number of fused-ring (bicyclic) bond motifs is 1. The molecule has 0 aliphatic heterocycles. The summed E-state index contributed by atoms with van der Waals surface area (Å²) in [6.07, 6.45) is 0. The van der Waals surface area contributed by atoms with E-state index in [9.17, 15) is 4.79 Å². The van der Waals surface area contributed by atoms with Gasteiger partial charge in [-0.2, -0.15) is 0 Å². The third-order valence-corrected chi connectivity index (χ3v) is 4.54. The number of para-hydroxylation sites is 1. The summed E-state index contributed by atoms with van der Waals surface area (Å²) in [4.78, 5) is 16.4. The number of benzene rings is 2. The lowest BCUT2D eigenvalue weighted by Gasteiger charge is -2.11. The van der Waals surface area contributed by atoms with Crippen LogP contribution in [-0.4, -0.2) is 25.5 Å². The van der Waals surface area contributed by atoms with Gasteiger partial charge >= 0.3 is 0 Å². The van der Waals surface area contributed by atoms with E-state index in [0.29, 0.717) is 24.6 Å². The number of aryl methyl sites for hydroxylation is 1. The van der Waals surface area contributed by atoms with Gasteiger partial charge in [-0.1, -0.05) is 30.3 Å². The molecule has 2 aromatic carbocycles. The van der Waals surface area contributed by atoms with E-state index in [4.69, 9.17) is 4.42 Å². The average Bonchev–Trinajstić information content (AvgIpc) is 3.05. The summed E-state index contributed by atoms with van der Waals surface area (Å²) >= 11 is 0. The molecule has 3 N–H and O–H groups in total. The van der Waals surface area contributed by atoms with Crippen molar-refractivity contribution in [1.29, 1.82) is 0 Å². The van der Waals surface area contributed by atoms with E-state index < -0.39 is 0 Å². The van der Waals surface area contributed by atoms with Crippen LogP contribution in [0, 0.1) is 6.92 Å². The minimum atomic E-state index is -0.101. The molecule has 3 aromatic rings. The number of halogens is 1. The fourth-order valence-electron chi connectivity index (χ4n) is 3.02. The van der Waals surface area contributed by atoms with Crippen molar-refractivity contribution < 1.29 is 9.21 Å². The maximum Gasteiger partial charge on any atom is 0.251 e. The molecular weight excluding hydrogens is 479 g/mol. The largest absolute Gasteiger partial charge is 0.459 e. The monoisotopic (exact) mass is 506 g/mol. The van der Waals surface area contributed by atoms with Gasteiger partial charge in [0.2, 0.25) is 0 Å². The molecule has 1 amide bonds. The predicted molar refractivity (Wildman–Crippen MR) is 128 cm³/mol. The Labute approximate surface area is 188 Å². The quantitative estimate of drug-likeness (QED) is 0.269. The van der Waals surface area contributed by atoms with E-state index >= 15 is 0 Å². The van der Waals surface area contributed by atoms with E-state index in [1.54, 1.807) is 13.1 Å². The summed E-state index contributed by atoms with van der Waals surface area (Å²) < 4.78 is 5.95. The third kappa shape index (κ3) is 5.72. The van der Waals surface area contributed by atoms with Gasteiger partial charge in [0.15, 0.2) is 5.96 Å². The smallest absolute Gasteiger partial charge is 0.251 e. The molecule has 0 spiro atoms. The zero-order valence-electron chi connectivity index (χ0n) is 16.9. The molecule has 7 heteroatoms. The van der Waals surface area contributed by atoms with Crippen molar-refractivity contribution in [2.75, 3.05) is 13.6 Å². The first-order valence-corrected chi connectivity index (χ1v) is 9.42. The summed E-state index contributed by atoms with van der Waals surface area (Å²) in [6, 6.07) is 15.5. The standard InChI is InChI=1S/C22H26N4O2.HI/c1-4-24-22(25-13-16-8-7-9-17(12-16)21(27)23-3)26-14-20-15(2)18-10-5-6-11-19(18)28-20;/h5-12H,4,13-14H2,1-3H3,(H,23,27)(H2,24,25,26);1H. The molecule has 0 aliphatic carbocycles. The molecular formula is C22H27IN4O2. The first kappa shape index (κ1) is 22.7. The molecule has 0 saturated carbocycles. The summed E-state index contributed by atoms with van der Waals surface area (Å²) in [5, 5.41) is 10.3. The molecule has 0 bridgehead atoms. The van der Waals surface area contributed by atoms with Gasteiger partial charge in [0.25, 0.3) is 5.91 Å². The first-order valence-electron chi connectivity index (χ1n) is 9.42. The molecule has 0 fully saturated rings. The fourth-order valence-corrected chi connectivity index (χ4v) is 3.02. The highest BCUT2D eigenvalue weighted by Gasteiger charge is 2.10. The van der Waals surface area contributed by atoms with Gasteiger partial charge in [-0.05, 0) is 37.6 Å². The van der Waals surface area contributed by atoms with Crippen LogP contribution < -0.4 is 16.0 Å². The molecule has 6 nitrogen and oxygen atoms in total. The van der Waals surface area contributed by atoms with Gasteiger partial charge < -0.3 is 20.4 Å². The molecule has 0 aliphatic rings. The number of carbonyl (C=O) groups is 1. The van der Waals surface area contributed by atoms with Gasteiger partial charge in [-0.3, -0.25) is 4.79 Å². The Kier molecular flexibility index (Phi) is 8.50.